The van der Waals surface area contributed by atoms with Gasteiger partial charge in [0.1, 0.15) is 5.69 Å². The summed E-state index contributed by atoms with van der Waals surface area (Å²) in [4.78, 5) is 4.29. The van der Waals surface area contributed by atoms with Crippen molar-refractivity contribution < 1.29 is 4.42 Å². The third kappa shape index (κ3) is 2.49. The summed E-state index contributed by atoms with van der Waals surface area (Å²) in [6.45, 7) is 2.04. The van der Waals surface area contributed by atoms with Gasteiger partial charge in [-0.2, -0.15) is 0 Å². The molecule has 0 N–H and O–H groups in total. The summed E-state index contributed by atoms with van der Waals surface area (Å²) >= 11 is 6.78. The van der Waals surface area contributed by atoms with Crippen molar-refractivity contribution in [1.82, 2.24) is 15.2 Å². The van der Waals surface area contributed by atoms with Crippen molar-refractivity contribution in [3.05, 3.63) is 28.7 Å². The molecule has 0 saturated heterocycles. The van der Waals surface area contributed by atoms with Crippen LogP contribution in [-0.2, 0) is 0 Å². The van der Waals surface area contributed by atoms with E-state index in [4.69, 9.17) is 4.42 Å². The summed E-state index contributed by atoms with van der Waals surface area (Å²) in [7, 11) is 0. The van der Waals surface area contributed by atoms with Gasteiger partial charge in [0.05, 0.1) is 4.83 Å². The smallest absolute Gasteiger partial charge is 0.266 e. The third-order valence-corrected chi connectivity index (χ3v) is 3.52. The molecule has 1 atom stereocenters. The predicted octanol–water partition coefficient (Wildman–Crippen LogP) is 3.74. The number of rotatable bonds is 3. The van der Waals surface area contributed by atoms with Gasteiger partial charge >= 0.3 is 0 Å². The quantitative estimate of drug-likeness (QED) is 0.794. The Hall–Kier alpha value is -0.750. The molecule has 1 unspecified atom stereocenters. The monoisotopic (exact) mass is 345 g/mol. The second-order valence-corrected chi connectivity index (χ2v) is 5.20. The molecule has 4 nitrogen and oxygen atoms in total. The third-order valence-electron chi connectivity index (χ3n) is 2.01. The Morgan fingerprint density at radius 3 is 2.81 bits per heavy atom. The Balaban J connectivity index is 2.28. The molecular formula is C10H9Br2N3O. The van der Waals surface area contributed by atoms with Crippen LogP contribution in [0, 0.1) is 0 Å². The summed E-state index contributed by atoms with van der Waals surface area (Å²) < 4.78 is 6.43. The second kappa shape index (κ2) is 5.05. The molecule has 0 aliphatic heterocycles. The second-order valence-electron chi connectivity index (χ2n) is 3.18. The average molecular weight is 347 g/mol. The number of pyridine rings is 1. The van der Waals surface area contributed by atoms with Gasteiger partial charge in [-0.05, 0) is 34.5 Å². The van der Waals surface area contributed by atoms with Gasteiger partial charge in [-0.3, -0.25) is 0 Å². The van der Waals surface area contributed by atoms with E-state index in [0.29, 0.717) is 17.5 Å². The Kier molecular flexibility index (Phi) is 3.70. The van der Waals surface area contributed by atoms with Crippen molar-refractivity contribution in [2.75, 3.05) is 0 Å². The van der Waals surface area contributed by atoms with E-state index in [-0.39, 0.29) is 4.83 Å². The molecule has 0 aromatic carbocycles. The molecule has 2 heterocycles. The van der Waals surface area contributed by atoms with E-state index in [1.165, 1.54) is 0 Å². The number of hydrogen-bond donors (Lipinski definition) is 0. The lowest BCUT2D eigenvalue weighted by molar-refractivity contribution is 0.499. The van der Waals surface area contributed by atoms with E-state index in [0.717, 1.165) is 10.9 Å². The van der Waals surface area contributed by atoms with Gasteiger partial charge in [0.25, 0.3) is 5.89 Å². The first-order chi connectivity index (χ1) is 7.70. The van der Waals surface area contributed by atoms with Crippen LogP contribution in [0.5, 0.6) is 0 Å². The molecule has 84 valence electrons. The maximum absolute atomic E-state index is 5.52. The van der Waals surface area contributed by atoms with Crippen molar-refractivity contribution in [3.63, 3.8) is 0 Å². The molecule has 16 heavy (non-hydrogen) atoms. The summed E-state index contributed by atoms with van der Waals surface area (Å²) in [6.07, 6.45) is 2.60. The van der Waals surface area contributed by atoms with Crippen LogP contribution >= 0.6 is 31.9 Å². The summed E-state index contributed by atoms with van der Waals surface area (Å²) in [5, 5.41) is 7.93. The molecule has 2 rings (SSSR count). The number of hydrogen-bond acceptors (Lipinski definition) is 4. The summed E-state index contributed by atoms with van der Waals surface area (Å²) in [5.74, 6) is 1.03. The van der Waals surface area contributed by atoms with Gasteiger partial charge in [-0.1, -0.05) is 22.9 Å². The van der Waals surface area contributed by atoms with Crippen LogP contribution in [0.4, 0.5) is 0 Å². The topological polar surface area (TPSA) is 51.8 Å². The van der Waals surface area contributed by atoms with Gasteiger partial charge in [0.15, 0.2) is 0 Å². The van der Waals surface area contributed by atoms with Gasteiger partial charge < -0.3 is 4.42 Å². The lowest BCUT2D eigenvalue weighted by Crippen LogP contribution is -1.86. The lowest BCUT2D eigenvalue weighted by atomic mass is 10.3. The minimum atomic E-state index is 0.101. The van der Waals surface area contributed by atoms with Crippen molar-refractivity contribution in [1.29, 1.82) is 0 Å². The standard InChI is InChI=1S/C10H9Br2N3O/c1-2-7(12)9-14-15-10(16-9)8-4-3-6(11)5-13-8/h3-5,7H,2H2,1H3. The Morgan fingerprint density at radius 2 is 2.19 bits per heavy atom. The molecule has 2 aromatic rings. The highest BCUT2D eigenvalue weighted by Gasteiger charge is 2.15. The molecule has 0 amide bonds. The van der Waals surface area contributed by atoms with Gasteiger partial charge in [0, 0.05) is 10.7 Å². The van der Waals surface area contributed by atoms with Crippen LogP contribution in [0.1, 0.15) is 24.1 Å². The predicted molar refractivity (Wildman–Crippen MR) is 67.2 cm³/mol. The van der Waals surface area contributed by atoms with E-state index in [2.05, 4.69) is 47.0 Å². The van der Waals surface area contributed by atoms with E-state index in [9.17, 15) is 0 Å². The highest BCUT2D eigenvalue weighted by Crippen LogP contribution is 2.27. The zero-order chi connectivity index (χ0) is 11.5. The lowest BCUT2D eigenvalue weighted by Gasteiger charge is -1.98. The first kappa shape index (κ1) is 11.7. The zero-order valence-corrected chi connectivity index (χ0v) is 11.7. The van der Waals surface area contributed by atoms with Crippen LogP contribution in [0.25, 0.3) is 11.6 Å². The normalized spacial score (nSPS) is 12.7. The Morgan fingerprint density at radius 1 is 1.38 bits per heavy atom. The molecule has 0 aliphatic carbocycles. The van der Waals surface area contributed by atoms with E-state index in [1.807, 2.05) is 19.1 Å². The minimum Gasteiger partial charge on any atom is -0.418 e. The van der Waals surface area contributed by atoms with E-state index in [1.54, 1.807) is 6.20 Å². The number of halogens is 2. The molecule has 0 aliphatic rings. The molecule has 0 fully saturated rings. The molecule has 6 heteroatoms. The van der Waals surface area contributed by atoms with E-state index >= 15 is 0 Å². The Bertz CT molecular complexity index is 469. The minimum absolute atomic E-state index is 0.101. The fraction of sp³-hybridized carbons (Fsp3) is 0.300. The van der Waals surface area contributed by atoms with Crippen molar-refractivity contribution in [2.45, 2.75) is 18.2 Å². The number of aromatic nitrogens is 3. The summed E-state index contributed by atoms with van der Waals surface area (Å²) in [5.41, 5.74) is 0.678. The van der Waals surface area contributed by atoms with Crippen LogP contribution in [0.15, 0.2) is 27.2 Å². The molecule has 0 spiro atoms. The summed E-state index contributed by atoms with van der Waals surface area (Å²) in [6, 6.07) is 3.72. The van der Waals surface area contributed by atoms with E-state index < -0.39 is 0 Å². The van der Waals surface area contributed by atoms with Crippen LogP contribution in [0.3, 0.4) is 0 Å². The van der Waals surface area contributed by atoms with Crippen molar-refractivity contribution >= 4 is 31.9 Å². The largest absolute Gasteiger partial charge is 0.418 e. The average Bonchev–Trinajstić information content (AvgIpc) is 2.78. The van der Waals surface area contributed by atoms with Gasteiger partial charge in [0.2, 0.25) is 5.89 Å². The zero-order valence-electron chi connectivity index (χ0n) is 8.52. The maximum Gasteiger partial charge on any atom is 0.266 e. The highest BCUT2D eigenvalue weighted by molar-refractivity contribution is 9.10. The van der Waals surface area contributed by atoms with Crippen molar-refractivity contribution in [2.24, 2.45) is 0 Å². The molecule has 0 saturated carbocycles. The molecule has 2 aromatic heterocycles. The maximum atomic E-state index is 5.52. The van der Waals surface area contributed by atoms with Crippen LogP contribution in [-0.4, -0.2) is 15.2 Å². The van der Waals surface area contributed by atoms with Crippen LogP contribution in [0.2, 0.25) is 0 Å². The Labute approximate surface area is 110 Å². The first-order valence-electron chi connectivity index (χ1n) is 4.80. The van der Waals surface area contributed by atoms with Crippen molar-refractivity contribution in [3.8, 4) is 11.6 Å². The number of alkyl halides is 1. The molecular weight excluding hydrogens is 338 g/mol. The van der Waals surface area contributed by atoms with Crippen LogP contribution < -0.4 is 0 Å². The van der Waals surface area contributed by atoms with Gasteiger partial charge in [-0.15, -0.1) is 10.2 Å². The fourth-order valence-corrected chi connectivity index (χ4v) is 1.56. The van der Waals surface area contributed by atoms with Gasteiger partial charge in [-0.25, -0.2) is 4.98 Å². The SMILES string of the molecule is CCC(Br)c1nnc(-c2ccc(Br)cn2)o1. The molecule has 0 bridgehead atoms. The molecule has 0 radical (unpaired) electrons. The number of nitrogens with zero attached hydrogens (tertiary/aromatic N) is 3. The fourth-order valence-electron chi connectivity index (χ4n) is 1.14. The first-order valence-corrected chi connectivity index (χ1v) is 6.51. The highest BCUT2D eigenvalue weighted by atomic mass is 79.9.